The largest absolute Gasteiger partial charge is 0.370 e. The molecule has 4 aromatic rings. The number of halogens is 1. The summed E-state index contributed by atoms with van der Waals surface area (Å²) < 4.78 is 14.8. The van der Waals surface area contributed by atoms with Crippen LogP contribution in [-0.2, 0) is 13.1 Å². The average molecular weight is 475 g/mol. The fourth-order valence-electron chi connectivity index (χ4n) is 3.75. The lowest BCUT2D eigenvalue weighted by Gasteiger charge is -2.20. The molecule has 1 amide bonds. The minimum atomic E-state index is -0.694. The van der Waals surface area contributed by atoms with Gasteiger partial charge < -0.3 is 15.2 Å². The highest BCUT2D eigenvalue weighted by molar-refractivity contribution is 5.94. The Morgan fingerprint density at radius 1 is 1.14 bits per heavy atom. The van der Waals surface area contributed by atoms with Crippen LogP contribution in [0.4, 0.5) is 15.8 Å². The molecule has 9 nitrogen and oxygen atoms in total. The third-order valence-corrected chi connectivity index (χ3v) is 5.52. The highest BCUT2D eigenvalue weighted by Gasteiger charge is 2.15. The van der Waals surface area contributed by atoms with Gasteiger partial charge in [0.2, 0.25) is 0 Å². The Hall–Kier alpha value is -4.60. The first kappa shape index (κ1) is 23.6. The zero-order valence-corrected chi connectivity index (χ0v) is 19.0. The summed E-state index contributed by atoms with van der Waals surface area (Å²) >= 11 is 0. The van der Waals surface area contributed by atoms with E-state index in [9.17, 15) is 24.1 Å². The number of hydrogen-bond acceptors (Lipinski definition) is 6. The summed E-state index contributed by atoms with van der Waals surface area (Å²) in [6.45, 7) is 2.15. The molecule has 0 aliphatic rings. The van der Waals surface area contributed by atoms with E-state index in [1.54, 1.807) is 43.1 Å². The third-order valence-electron chi connectivity index (χ3n) is 5.52. The molecule has 0 spiro atoms. The minimum absolute atomic E-state index is 0.0249. The van der Waals surface area contributed by atoms with Gasteiger partial charge in [0, 0.05) is 38.0 Å². The lowest BCUT2D eigenvalue weighted by molar-refractivity contribution is -0.384. The molecule has 0 atom stereocenters. The van der Waals surface area contributed by atoms with Crippen molar-refractivity contribution in [1.82, 2.24) is 15.3 Å². The molecular formula is C25H22FN5O4. The third kappa shape index (κ3) is 5.32. The van der Waals surface area contributed by atoms with E-state index in [0.29, 0.717) is 34.5 Å². The molecule has 1 heterocycles. The van der Waals surface area contributed by atoms with Crippen LogP contribution in [0.15, 0.2) is 65.5 Å². The van der Waals surface area contributed by atoms with Crippen molar-refractivity contribution in [2.45, 2.75) is 20.0 Å². The number of nitro benzene ring substituents is 1. The highest BCUT2D eigenvalue weighted by Crippen LogP contribution is 2.21. The van der Waals surface area contributed by atoms with Crippen molar-refractivity contribution in [2.75, 3.05) is 11.9 Å². The molecule has 0 aliphatic heterocycles. The lowest BCUT2D eigenvalue weighted by atomic mass is 10.1. The van der Waals surface area contributed by atoms with Gasteiger partial charge in [0.1, 0.15) is 11.6 Å². The summed E-state index contributed by atoms with van der Waals surface area (Å²) in [6.07, 6.45) is 0. The lowest BCUT2D eigenvalue weighted by Crippen LogP contribution is -2.24. The number of aryl methyl sites for hydroxylation is 1. The van der Waals surface area contributed by atoms with Gasteiger partial charge in [-0.05, 0) is 48.4 Å². The van der Waals surface area contributed by atoms with Crippen LogP contribution < -0.4 is 15.8 Å². The van der Waals surface area contributed by atoms with Gasteiger partial charge in [0.25, 0.3) is 17.2 Å². The SMILES string of the molecule is Cc1nc2ccc(CN(C)c3ccc(C(=O)NCc4cccc([N+](=O)[O-])c4)c(F)c3)cc2c(=O)[nH]1. The summed E-state index contributed by atoms with van der Waals surface area (Å²) in [6, 6.07) is 15.5. The maximum Gasteiger partial charge on any atom is 0.269 e. The normalized spacial score (nSPS) is 10.8. The molecule has 35 heavy (non-hydrogen) atoms. The van der Waals surface area contributed by atoms with Gasteiger partial charge in [-0.15, -0.1) is 0 Å². The van der Waals surface area contributed by atoms with Gasteiger partial charge in [-0.25, -0.2) is 9.37 Å². The second-order valence-corrected chi connectivity index (χ2v) is 8.13. The summed E-state index contributed by atoms with van der Waals surface area (Å²) in [5.41, 5.74) is 2.09. The number of fused-ring (bicyclic) bond motifs is 1. The maximum absolute atomic E-state index is 14.8. The number of carbonyl (C=O) groups excluding carboxylic acids is 1. The molecule has 0 saturated heterocycles. The first-order chi connectivity index (χ1) is 16.7. The first-order valence-electron chi connectivity index (χ1n) is 10.7. The maximum atomic E-state index is 14.8. The molecule has 0 fully saturated rings. The van der Waals surface area contributed by atoms with Crippen molar-refractivity contribution < 1.29 is 14.1 Å². The van der Waals surface area contributed by atoms with Crippen molar-refractivity contribution in [3.63, 3.8) is 0 Å². The standard InChI is InChI=1S/C25H22FN5O4/c1-15-28-23-9-6-17(11-21(23)25(33)29-15)14-30(2)18-7-8-20(22(26)12-18)24(32)27-13-16-4-3-5-19(10-16)31(34)35/h3-12H,13-14H2,1-2H3,(H,27,32)(H,28,29,33). The number of hydrogen-bond donors (Lipinski definition) is 2. The topological polar surface area (TPSA) is 121 Å². The predicted molar refractivity (Wildman–Crippen MR) is 130 cm³/mol. The number of rotatable bonds is 7. The predicted octanol–water partition coefficient (Wildman–Crippen LogP) is 3.85. The average Bonchev–Trinajstić information content (AvgIpc) is 2.83. The van der Waals surface area contributed by atoms with E-state index >= 15 is 0 Å². The number of aromatic amines is 1. The molecule has 0 bridgehead atoms. The van der Waals surface area contributed by atoms with Crippen LogP contribution in [0.3, 0.4) is 0 Å². The second-order valence-electron chi connectivity index (χ2n) is 8.13. The number of aromatic nitrogens is 2. The van der Waals surface area contributed by atoms with Crippen molar-refractivity contribution >= 4 is 28.2 Å². The van der Waals surface area contributed by atoms with Crippen LogP contribution in [0.2, 0.25) is 0 Å². The number of benzene rings is 3. The van der Waals surface area contributed by atoms with E-state index in [2.05, 4.69) is 15.3 Å². The fraction of sp³-hybridized carbons (Fsp3) is 0.160. The minimum Gasteiger partial charge on any atom is -0.370 e. The summed E-state index contributed by atoms with van der Waals surface area (Å²) in [4.78, 5) is 43.9. The van der Waals surface area contributed by atoms with Crippen LogP contribution >= 0.6 is 0 Å². The quantitative estimate of drug-likeness (QED) is 0.309. The van der Waals surface area contributed by atoms with Crippen LogP contribution in [-0.4, -0.2) is 27.8 Å². The molecule has 10 heteroatoms. The van der Waals surface area contributed by atoms with Crippen molar-refractivity contribution in [3.8, 4) is 0 Å². The number of anilines is 1. The Morgan fingerprint density at radius 3 is 2.69 bits per heavy atom. The Labute approximate surface area is 199 Å². The molecule has 0 saturated carbocycles. The van der Waals surface area contributed by atoms with E-state index < -0.39 is 16.6 Å². The van der Waals surface area contributed by atoms with Gasteiger partial charge in [0.15, 0.2) is 0 Å². The van der Waals surface area contributed by atoms with Gasteiger partial charge in [-0.1, -0.05) is 18.2 Å². The molecule has 3 aromatic carbocycles. The monoisotopic (exact) mass is 475 g/mol. The second kappa shape index (κ2) is 9.72. The number of nitrogens with zero attached hydrogens (tertiary/aromatic N) is 3. The molecule has 0 radical (unpaired) electrons. The van der Waals surface area contributed by atoms with E-state index in [4.69, 9.17) is 0 Å². The fourth-order valence-corrected chi connectivity index (χ4v) is 3.75. The number of carbonyl (C=O) groups is 1. The summed E-state index contributed by atoms with van der Waals surface area (Å²) in [5.74, 6) is -0.780. The molecule has 0 unspecified atom stereocenters. The number of nitrogens with one attached hydrogen (secondary N) is 2. The van der Waals surface area contributed by atoms with Crippen LogP contribution in [0.25, 0.3) is 10.9 Å². The zero-order valence-electron chi connectivity index (χ0n) is 19.0. The molecule has 1 aromatic heterocycles. The van der Waals surface area contributed by atoms with Crippen molar-refractivity contribution in [1.29, 1.82) is 0 Å². The first-order valence-corrected chi connectivity index (χ1v) is 10.7. The molecule has 4 rings (SSSR count). The van der Waals surface area contributed by atoms with Gasteiger partial charge in [0.05, 0.1) is 21.4 Å². The summed E-state index contributed by atoms with van der Waals surface area (Å²) in [5, 5.41) is 13.9. The van der Waals surface area contributed by atoms with E-state index in [1.807, 2.05) is 6.07 Å². The molecule has 0 aliphatic carbocycles. The van der Waals surface area contributed by atoms with E-state index in [-0.39, 0.29) is 23.4 Å². The number of nitro groups is 1. The Bertz CT molecular complexity index is 1500. The van der Waals surface area contributed by atoms with Crippen molar-refractivity contribution in [2.24, 2.45) is 0 Å². The van der Waals surface area contributed by atoms with Gasteiger partial charge >= 0.3 is 0 Å². The van der Waals surface area contributed by atoms with Gasteiger partial charge in [-0.2, -0.15) is 0 Å². The van der Waals surface area contributed by atoms with Crippen LogP contribution in [0.5, 0.6) is 0 Å². The Balaban J connectivity index is 1.45. The number of amides is 1. The molecular weight excluding hydrogens is 453 g/mol. The molecule has 2 N–H and O–H groups in total. The Kier molecular flexibility index (Phi) is 6.54. The number of H-pyrrole nitrogens is 1. The molecule has 178 valence electrons. The van der Waals surface area contributed by atoms with Crippen LogP contribution in [0.1, 0.15) is 27.3 Å². The van der Waals surface area contributed by atoms with Gasteiger partial charge in [-0.3, -0.25) is 19.7 Å². The van der Waals surface area contributed by atoms with E-state index in [0.717, 1.165) is 5.56 Å². The smallest absolute Gasteiger partial charge is 0.269 e. The number of non-ortho nitro benzene ring substituents is 1. The van der Waals surface area contributed by atoms with E-state index in [1.165, 1.54) is 30.3 Å². The zero-order chi connectivity index (χ0) is 25.1. The van der Waals surface area contributed by atoms with Crippen LogP contribution in [0, 0.1) is 22.9 Å². The van der Waals surface area contributed by atoms with Crippen molar-refractivity contribution in [3.05, 3.63) is 109 Å². The highest BCUT2D eigenvalue weighted by atomic mass is 19.1. The Morgan fingerprint density at radius 2 is 1.94 bits per heavy atom. The summed E-state index contributed by atoms with van der Waals surface area (Å²) in [7, 11) is 1.78.